The lowest BCUT2D eigenvalue weighted by Gasteiger charge is -2.11. The van der Waals surface area contributed by atoms with Gasteiger partial charge in [0.15, 0.2) is 5.96 Å². The number of aryl methyl sites for hydroxylation is 1. The molecule has 2 heterocycles. The zero-order valence-corrected chi connectivity index (χ0v) is 16.2. The van der Waals surface area contributed by atoms with Gasteiger partial charge < -0.3 is 19.8 Å². The van der Waals surface area contributed by atoms with Crippen LogP contribution in [0.2, 0.25) is 0 Å². The molecule has 0 fully saturated rings. The van der Waals surface area contributed by atoms with E-state index in [-0.39, 0.29) is 0 Å². The van der Waals surface area contributed by atoms with Gasteiger partial charge in [-0.25, -0.2) is 9.98 Å². The first-order valence-corrected chi connectivity index (χ1v) is 9.28. The summed E-state index contributed by atoms with van der Waals surface area (Å²) in [5.41, 5.74) is 4.39. The van der Waals surface area contributed by atoms with Crippen molar-refractivity contribution in [3.63, 3.8) is 0 Å². The van der Waals surface area contributed by atoms with Crippen molar-refractivity contribution in [2.24, 2.45) is 4.99 Å². The lowest BCUT2D eigenvalue weighted by molar-refractivity contribution is 0.414. The van der Waals surface area contributed by atoms with Gasteiger partial charge in [-0.2, -0.15) is 0 Å². The van der Waals surface area contributed by atoms with Gasteiger partial charge in [0.1, 0.15) is 11.4 Å². The maximum Gasteiger partial charge on any atom is 0.191 e. The summed E-state index contributed by atoms with van der Waals surface area (Å²) in [5.74, 6) is 1.66. The van der Waals surface area contributed by atoms with E-state index in [2.05, 4.69) is 52.2 Å². The summed E-state index contributed by atoms with van der Waals surface area (Å²) in [6, 6.07) is 12.1. The minimum atomic E-state index is 0.597. The molecule has 0 unspecified atom stereocenters. The van der Waals surface area contributed by atoms with E-state index in [1.54, 1.807) is 7.11 Å². The summed E-state index contributed by atoms with van der Waals surface area (Å²) in [6.07, 6.45) is 4.96. The van der Waals surface area contributed by atoms with Gasteiger partial charge in [-0.05, 0) is 43.2 Å². The number of aromatic nitrogens is 2. The van der Waals surface area contributed by atoms with E-state index in [1.165, 1.54) is 5.56 Å². The maximum atomic E-state index is 5.27. The summed E-state index contributed by atoms with van der Waals surface area (Å²) >= 11 is 0. The monoisotopic (exact) mass is 365 g/mol. The third kappa shape index (κ3) is 5.00. The van der Waals surface area contributed by atoms with E-state index in [4.69, 9.17) is 9.72 Å². The number of ether oxygens (including phenoxy) is 1. The van der Waals surface area contributed by atoms with Crippen LogP contribution in [0.15, 0.2) is 53.8 Å². The number of nitrogens with zero attached hydrogens (tertiary/aromatic N) is 3. The van der Waals surface area contributed by atoms with E-state index in [0.717, 1.165) is 48.1 Å². The van der Waals surface area contributed by atoms with Crippen molar-refractivity contribution in [2.75, 3.05) is 20.2 Å². The van der Waals surface area contributed by atoms with Crippen LogP contribution in [0.25, 0.3) is 5.65 Å². The van der Waals surface area contributed by atoms with Crippen molar-refractivity contribution >= 4 is 11.6 Å². The third-order valence-electron chi connectivity index (χ3n) is 4.30. The topological polar surface area (TPSA) is 63.0 Å². The molecule has 0 atom stereocenters. The maximum absolute atomic E-state index is 5.27. The SMILES string of the molecule is CCNC(=NCc1cccc(OC)c1)NCCc1cn2cccc(C)c2n1. The molecule has 0 saturated heterocycles. The number of nitrogens with one attached hydrogen (secondary N) is 2. The van der Waals surface area contributed by atoms with Crippen LogP contribution in [0, 0.1) is 6.92 Å². The molecule has 0 aliphatic carbocycles. The van der Waals surface area contributed by atoms with Crippen molar-refractivity contribution in [1.82, 2.24) is 20.0 Å². The second-order valence-corrected chi connectivity index (χ2v) is 6.38. The van der Waals surface area contributed by atoms with Crippen LogP contribution in [-0.4, -0.2) is 35.5 Å². The highest BCUT2D eigenvalue weighted by atomic mass is 16.5. The molecule has 2 N–H and O–H groups in total. The van der Waals surface area contributed by atoms with Gasteiger partial charge in [-0.3, -0.25) is 0 Å². The predicted octanol–water partition coefficient (Wildman–Crippen LogP) is 2.95. The fourth-order valence-corrected chi connectivity index (χ4v) is 2.92. The highest BCUT2D eigenvalue weighted by Gasteiger charge is 2.04. The predicted molar refractivity (Wildman–Crippen MR) is 109 cm³/mol. The summed E-state index contributed by atoms with van der Waals surface area (Å²) in [5, 5.41) is 6.67. The zero-order valence-electron chi connectivity index (χ0n) is 16.2. The Balaban J connectivity index is 1.59. The van der Waals surface area contributed by atoms with Crippen molar-refractivity contribution in [3.8, 4) is 5.75 Å². The minimum absolute atomic E-state index is 0.597. The number of benzene rings is 1. The molecular formula is C21H27N5O. The Morgan fingerprint density at radius 2 is 2.11 bits per heavy atom. The molecular weight excluding hydrogens is 338 g/mol. The van der Waals surface area contributed by atoms with Crippen LogP contribution in [0.1, 0.15) is 23.7 Å². The molecule has 2 aromatic heterocycles. The smallest absolute Gasteiger partial charge is 0.191 e. The fourth-order valence-electron chi connectivity index (χ4n) is 2.92. The quantitative estimate of drug-likeness (QED) is 0.499. The van der Waals surface area contributed by atoms with E-state index in [9.17, 15) is 0 Å². The van der Waals surface area contributed by atoms with Gasteiger partial charge >= 0.3 is 0 Å². The zero-order chi connectivity index (χ0) is 19.1. The van der Waals surface area contributed by atoms with Crippen LogP contribution >= 0.6 is 0 Å². The summed E-state index contributed by atoms with van der Waals surface area (Å²) in [7, 11) is 1.68. The largest absolute Gasteiger partial charge is 0.497 e. The van der Waals surface area contributed by atoms with E-state index >= 15 is 0 Å². The second kappa shape index (κ2) is 9.07. The molecule has 1 aromatic carbocycles. The Morgan fingerprint density at radius 1 is 1.22 bits per heavy atom. The molecule has 6 nitrogen and oxygen atoms in total. The Labute approximate surface area is 160 Å². The van der Waals surface area contributed by atoms with Crippen LogP contribution in [0.4, 0.5) is 0 Å². The standard InChI is InChI=1S/C21H27N5O/c1-4-22-21(24-14-17-8-5-9-19(13-17)27-3)23-11-10-18-15-26-12-6-7-16(2)20(26)25-18/h5-9,12-13,15H,4,10-11,14H2,1-3H3,(H2,22,23,24). The number of guanidine groups is 1. The average Bonchev–Trinajstić information content (AvgIpc) is 3.10. The van der Waals surface area contributed by atoms with Crippen LogP contribution in [0.3, 0.4) is 0 Å². The molecule has 3 aromatic rings. The number of rotatable bonds is 7. The number of aliphatic imine (C=N–C) groups is 1. The van der Waals surface area contributed by atoms with Crippen molar-refractivity contribution in [2.45, 2.75) is 26.8 Å². The minimum Gasteiger partial charge on any atom is -0.497 e. The Morgan fingerprint density at radius 3 is 2.89 bits per heavy atom. The van der Waals surface area contributed by atoms with Crippen molar-refractivity contribution < 1.29 is 4.74 Å². The van der Waals surface area contributed by atoms with E-state index < -0.39 is 0 Å². The first kappa shape index (κ1) is 18.8. The third-order valence-corrected chi connectivity index (χ3v) is 4.30. The Bertz CT molecular complexity index is 916. The fraction of sp³-hybridized carbons (Fsp3) is 0.333. The number of hydrogen-bond acceptors (Lipinski definition) is 3. The van der Waals surface area contributed by atoms with Crippen molar-refractivity contribution in [3.05, 3.63) is 65.6 Å². The number of fused-ring (bicyclic) bond motifs is 1. The normalized spacial score (nSPS) is 11.6. The van der Waals surface area contributed by atoms with Crippen LogP contribution < -0.4 is 15.4 Å². The lowest BCUT2D eigenvalue weighted by Crippen LogP contribution is -2.38. The molecule has 0 aliphatic heterocycles. The lowest BCUT2D eigenvalue weighted by atomic mass is 10.2. The molecule has 142 valence electrons. The highest BCUT2D eigenvalue weighted by Crippen LogP contribution is 2.13. The van der Waals surface area contributed by atoms with Crippen LogP contribution in [-0.2, 0) is 13.0 Å². The van der Waals surface area contributed by atoms with Gasteiger partial charge in [-0.15, -0.1) is 0 Å². The Hall–Kier alpha value is -3.02. The van der Waals surface area contributed by atoms with Gasteiger partial charge in [0.25, 0.3) is 0 Å². The van der Waals surface area contributed by atoms with Crippen molar-refractivity contribution in [1.29, 1.82) is 0 Å². The Kier molecular flexibility index (Phi) is 6.30. The first-order valence-electron chi connectivity index (χ1n) is 9.28. The second-order valence-electron chi connectivity index (χ2n) is 6.38. The molecule has 0 bridgehead atoms. The average molecular weight is 365 g/mol. The summed E-state index contributed by atoms with van der Waals surface area (Å²) in [6.45, 7) is 6.33. The highest BCUT2D eigenvalue weighted by molar-refractivity contribution is 5.79. The molecule has 0 spiro atoms. The molecule has 0 saturated carbocycles. The van der Waals surface area contributed by atoms with E-state index in [0.29, 0.717) is 6.54 Å². The number of pyridine rings is 1. The summed E-state index contributed by atoms with van der Waals surface area (Å²) < 4.78 is 7.34. The first-order chi connectivity index (χ1) is 13.2. The van der Waals surface area contributed by atoms with Gasteiger partial charge in [0.2, 0.25) is 0 Å². The number of imidazole rings is 1. The molecule has 3 rings (SSSR count). The van der Waals surface area contributed by atoms with Gasteiger partial charge in [0.05, 0.1) is 19.3 Å². The van der Waals surface area contributed by atoms with Gasteiger partial charge in [-0.1, -0.05) is 18.2 Å². The van der Waals surface area contributed by atoms with E-state index in [1.807, 2.05) is 30.5 Å². The number of hydrogen-bond donors (Lipinski definition) is 2. The molecule has 0 aliphatic rings. The molecule has 0 amide bonds. The van der Waals surface area contributed by atoms with Crippen LogP contribution in [0.5, 0.6) is 5.75 Å². The van der Waals surface area contributed by atoms with Gasteiger partial charge in [0, 0.05) is 31.9 Å². The summed E-state index contributed by atoms with van der Waals surface area (Å²) in [4.78, 5) is 9.38. The molecule has 6 heteroatoms. The molecule has 27 heavy (non-hydrogen) atoms. The molecule has 0 radical (unpaired) electrons. The number of methoxy groups -OCH3 is 1.